The molecule has 0 saturated carbocycles. The number of carboxylic acid groups (broad SMARTS) is 1. The number of anilines is 1. The van der Waals surface area contributed by atoms with Crippen LogP contribution >= 0.6 is 0 Å². The number of nitrogens with one attached hydrogen (secondary N) is 1. The van der Waals surface area contributed by atoms with Gasteiger partial charge in [0.1, 0.15) is 12.1 Å². The lowest BCUT2D eigenvalue weighted by Gasteiger charge is -2.16. The second-order valence-electron chi connectivity index (χ2n) is 3.45. The minimum Gasteiger partial charge on any atom is -0.465 e. The number of hydrogen-bond acceptors (Lipinski definition) is 4. The largest absolute Gasteiger partial charge is 0.465 e. The van der Waals surface area contributed by atoms with E-state index in [9.17, 15) is 4.79 Å². The van der Waals surface area contributed by atoms with E-state index >= 15 is 0 Å². The average Bonchev–Trinajstić information content (AvgIpc) is 2.67. The Hall–Kier alpha value is -1.85. The molecule has 15 heavy (non-hydrogen) atoms. The topological polar surface area (TPSA) is 78.4 Å². The molecule has 0 radical (unpaired) electrons. The first-order valence-corrected chi connectivity index (χ1v) is 4.76. The molecule has 1 aromatic heterocycles. The molecule has 1 aromatic rings. The van der Waals surface area contributed by atoms with Gasteiger partial charge in [-0.3, -0.25) is 0 Å². The molecule has 0 bridgehead atoms. The SMILES string of the molecule is O=C(O)N[C@H]1CCN(c2ccncn2)C1. The van der Waals surface area contributed by atoms with Crippen LogP contribution in [0.25, 0.3) is 0 Å². The van der Waals surface area contributed by atoms with Crippen molar-refractivity contribution in [2.45, 2.75) is 12.5 Å². The quantitative estimate of drug-likeness (QED) is 0.732. The van der Waals surface area contributed by atoms with Gasteiger partial charge in [-0.1, -0.05) is 0 Å². The van der Waals surface area contributed by atoms with E-state index < -0.39 is 6.09 Å². The predicted molar refractivity (Wildman–Crippen MR) is 53.8 cm³/mol. The standard InChI is InChI=1S/C9H12N4O2/c14-9(15)12-7-2-4-13(5-7)8-1-3-10-6-11-8/h1,3,6-7,12H,2,4-5H2,(H,14,15)/t7-/m0/s1. The molecule has 6 nitrogen and oxygen atoms in total. The molecule has 80 valence electrons. The van der Waals surface area contributed by atoms with Gasteiger partial charge in [0.25, 0.3) is 0 Å². The van der Waals surface area contributed by atoms with Crippen molar-refractivity contribution in [3.63, 3.8) is 0 Å². The van der Waals surface area contributed by atoms with Crippen molar-refractivity contribution in [3.8, 4) is 0 Å². The summed E-state index contributed by atoms with van der Waals surface area (Å²) in [6.07, 6.45) is 3.02. The van der Waals surface area contributed by atoms with E-state index in [1.54, 1.807) is 6.20 Å². The van der Waals surface area contributed by atoms with Crippen LogP contribution in [-0.4, -0.2) is 40.3 Å². The average molecular weight is 208 g/mol. The van der Waals surface area contributed by atoms with Crippen LogP contribution in [0.1, 0.15) is 6.42 Å². The predicted octanol–water partition coefficient (Wildman–Crippen LogP) is 0.323. The summed E-state index contributed by atoms with van der Waals surface area (Å²) in [5.41, 5.74) is 0. The van der Waals surface area contributed by atoms with Gasteiger partial charge in [-0.2, -0.15) is 0 Å². The molecule has 6 heteroatoms. The maximum atomic E-state index is 10.4. The molecular formula is C9H12N4O2. The molecule has 2 rings (SSSR count). The van der Waals surface area contributed by atoms with Crippen molar-refractivity contribution >= 4 is 11.9 Å². The van der Waals surface area contributed by atoms with E-state index in [1.807, 2.05) is 11.0 Å². The fourth-order valence-electron chi connectivity index (χ4n) is 1.73. The van der Waals surface area contributed by atoms with Gasteiger partial charge in [0.05, 0.1) is 6.04 Å². The Morgan fingerprint density at radius 1 is 1.67 bits per heavy atom. The van der Waals surface area contributed by atoms with Crippen LogP contribution in [0.4, 0.5) is 10.6 Å². The van der Waals surface area contributed by atoms with Crippen LogP contribution < -0.4 is 10.2 Å². The molecule has 0 spiro atoms. The fourth-order valence-corrected chi connectivity index (χ4v) is 1.73. The highest BCUT2D eigenvalue weighted by atomic mass is 16.4. The first-order chi connectivity index (χ1) is 7.25. The zero-order chi connectivity index (χ0) is 10.7. The summed E-state index contributed by atoms with van der Waals surface area (Å²) in [5, 5.41) is 11.0. The Balaban J connectivity index is 1.96. The molecule has 0 unspecified atom stereocenters. The van der Waals surface area contributed by atoms with E-state index in [0.29, 0.717) is 6.54 Å². The first kappa shape index (κ1) is 9.70. The molecule has 1 saturated heterocycles. The summed E-state index contributed by atoms with van der Waals surface area (Å²) in [4.78, 5) is 20.4. The molecule has 1 fully saturated rings. The van der Waals surface area contributed by atoms with Gasteiger partial charge < -0.3 is 15.3 Å². The Bertz CT molecular complexity index is 343. The van der Waals surface area contributed by atoms with Crippen LogP contribution in [0.2, 0.25) is 0 Å². The lowest BCUT2D eigenvalue weighted by molar-refractivity contribution is 0.191. The van der Waals surface area contributed by atoms with Crippen LogP contribution in [-0.2, 0) is 0 Å². The summed E-state index contributed by atoms with van der Waals surface area (Å²) >= 11 is 0. The van der Waals surface area contributed by atoms with Gasteiger partial charge >= 0.3 is 6.09 Å². The zero-order valence-corrected chi connectivity index (χ0v) is 8.13. The van der Waals surface area contributed by atoms with Crippen LogP contribution in [0.5, 0.6) is 0 Å². The van der Waals surface area contributed by atoms with Gasteiger partial charge in [0.15, 0.2) is 0 Å². The smallest absolute Gasteiger partial charge is 0.404 e. The maximum absolute atomic E-state index is 10.4. The summed E-state index contributed by atoms with van der Waals surface area (Å²) in [6.45, 7) is 1.49. The van der Waals surface area contributed by atoms with Crippen molar-refractivity contribution in [3.05, 3.63) is 18.6 Å². The van der Waals surface area contributed by atoms with Crippen molar-refractivity contribution in [1.29, 1.82) is 0 Å². The Kier molecular flexibility index (Phi) is 2.66. The normalized spacial score (nSPS) is 20.3. The maximum Gasteiger partial charge on any atom is 0.404 e. The highest BCUT2D eigenvalue weighted by Gasteiger charge is 2.24. The number of nitrogens with zero attached hydrogens (tertiary/aromatic N) is 3. The number of aromatic nitrogens is 2. The van der Waals surface area contributed by atoms with E-state index in [4.69, 9.17) is 5.11 Å². The summed E-state index contributed by atoms with van der Waals surface area (Å²) in [5.74, 6) is 0.847. The summed E-state index contributed by atoms with van der Waals surface area (Å²) in [6, 6.07) is 1.82. The molecule has 1 atom stereocenters. The molecule has 2 N–H and O–H groups in total. The molecule has 1 aliphatic heterocycles. The third-order valence-electron chi connectivity index (χ3n) is 2.41. The van der Waals surface area contributed by atoms with Crippen LogP contribution in [0, 0.1) is 0 Å². The Labute approximate surface area is 87.0 Å². The van der Waals surface area contributed by atoms with Crippen molar-refractivity contribution in [1.82, 2.24) is 15.3 Å². The summed E-state index contributed by atoms with van der Waals surface area (Å²) in [7, 11) is 0. The lowest BCUT2D eigenvalue weighted by atomic mass is 10.3. The fraction of sp³-hybridized carbons (Fsp3) is 0.444. The van der Waals surface area contributed by atoms with Crippen LogP contribution in [0.15, 0.2) is 18.6 Å². The number of hydrogen-bond donors (Lipinski definition) is 2. The van der Waals surface area contributed by atoms with E-state index in [1.165, 1.54) is 6.33 Å². The highest BCUT2D eigenvalue weighted by molar-refractivity contribution is 5.65. The Morgan fingerprint density at radius 2 is 2.53 bits per heavy atom. The first-order valence-electron chi connectivity index (χ1n) is 4.76. The van der Waals surface area contributed by atoms with E-state index in [0.717, 1.165) is 18.8 Å². The monoisotopic (exact) mass is 208 g/mol. The number of rotatable bonds is 2. The molecule has 0 aliphatic carbocycles. The number of amides is 1. The van der Waals surface area contributed by atoms with E-state index in [2.05, 4.69) is 15.3 Å². The van der Waals surface area contributed by atoms with Gasteiger partial charge in [-0.05, 0) is 12.5 Å². The van der Waals surface area contributed by atoms with Crippen LogP contribution in [0.3, 0.4) is 0 Å². The number of carbonyl (C=O) groups is 1. The molecular weight excluding hydrogens is 196 g/mol. The van der Waals surface area contributed by atoms with Crippen molar-refractivity contribution in [2.75, 3.05) is 18.0 Å². The lowest BCUT2D eigenvalue weighted by Crippen LogP contribution is -2.36. The van der Waals surface area contributed by atoms with Gasteiger partial charge in [-0.25, -0.2) is 14.8 Å². The molecule has 2 heterocycles. The highest BCUT2D eigenvalue weighted by Crippen LogP contribution is 2.16. The Morgan fingerprint density at radius 3 is 3.20 bits per heavy atom. The van der Waals surface area contributed by atoms with Gasteiger partial charge in [-0.15, -0.1) is 0 Å². The van der Waals surface area contributed by atoms with E-state index in [-0.39, 0.29) is 6.04 Å². The van der Waals surface area contributed by atoms with Gasteiger partial charge in [0.2, 0.25) is 0 Å². The van der Waals surface area contributed by atoms with Crippen molar-refractivity contribution in [2.24, 2.45) is 0 Å². The van der Waals surface area contributed by atoms with Crippen molar-refractivity contribution < 1.29 is 9.90 Å². The third-order valence-corrected chi connectivity index (χ3v) is 2.41. The third kappa shape index (κ3) is 2.34. The second-order valence-corrected chi connectivity index (χ2v) is 3.45. The molecule has 1 aliphatic rings. The minimum absolute atomic E-state index is 0.00235. The zero-order valence-electron chi connectivity index (χ0n) is 8.13. The molecule has 1 amide bonds. The minimum atomic E-state index is -0.968. The van der Waals surface area contributed by atoms with Gasteiger partial charge in [0, 0.05) is 19.3 Å². The summed E-state index contributed by atoms with van der Waals surface area (Å²) < 4.78 is 0. The second kappa shape index (κ2) is 4.12. The molecule has 0 aromatic carbocycles.